The summed E-state index contributed by atoms with van der Waals surface area (Å²) in [5, 5.41) is 6.61. The zero-order chi connectivity index (χ0) is 15.3. The van der Waals surface area contributed by atoms with Crippen LogP contribution in [0.4, 0.5) is 0 Å². The number of nitrogens with one attached hydrogen (secondary N) is 2. The summed E-state index contributed by atoms with van der Waals surface area (Å²) in [6.07, 6.45) is 7.93. The maximum atomic E-state index is 12.2. The van der Waals surface area contributed by atoms with Gasteiger partial charge >= 0.3 is 0 Å². The number of carbonyl (C=O) groups is 1. The van der Waals surface area contributed by atoms with Gasteiger partial charge in [-0.15, -0.1) is 11.8 Å². The second kappa shape index (κ2) is 7.51. The predicted octanol–water partition coefficient (Wildman–Crippen LogP) is 3.35. The lowest BCUT2D eigenvalue weighted by molar-refractivity contribution is -0.121. The Morgan fingerprint density at radius 2 is 2.00 bits per heavy atom. The van der Waals surface area contributed by atoms with Gasteiger partial charge in [0.15, 0.2) is 0 Å². The average molecular weight is 318 g/mol. The first-order chi connectivity index (χ1) is 10.8. The van der Waals surface area contributed by atoms with Crippen molar-refractivity contribution in [1.29, 1.82) is 0 Å². The van der Waals surface area contributed by atoms with Crippen molar-refractivity contribution in [3.8, 4) is 0 Å². The second-order valence-electron chi connectivity index (χ2n) is 6.58. The van der Waals surface area contributed by atoms with Gasteiger partial charge in [-0.1, -0.05) is 31.0 Å². The molecule has 0 radical (unpaired) electrons. The number of benzene rings is 1. The smallest absolute Gasteiger partial charge is 0.221 e. The molecule has 1 aliphatic carbocycles. The van der Waals surface area contributed by atoms with Crippen molar-refractivity contribution in [2.24, 2.45) is 0 Å². The Morgan fingerprint density at radius 1 is 1.23 bits per heavy atom. The van der Waals surface area contributed by atoms with Gasteiger partial charge in [-0.05, 0) is 44.4 Å². The van der Waals surface area contributed by atoms with Crippen LogP contribution < -0.4 is 10.6 Å². The molecular formula is C18H26N2OS. The van der Waals surface area contributed by atoms with Crippen molar-refractivity contribution in [3.05, 3.63) is 30.3 Å². The Balaban J connectivity index is 1.53. The number of hydrogen-bond acceptors (Lipinski definition) is 3. The van der Waals surface area contributed by atoms with Crippen LogP contribution in [0.3, 0.4) is 0 Å². The van der Waals surface area contributed by atoms with E-state index < -0.39 is 0 Å². The third kappa shape index (κ3) is 4.26. The van der Waals surface area contributed by atoms with Gasteiger partial charge in [0.2, 0.25) is 5.91 Å². The minimum absolute atomic E-state index is 0.195. The largest absolute Gasteiger partial charge is 0.355 e. The molecule has 2 aliphatic rings. The van der Waals surface area contributed by atoms with Gasteiger partial charge in [-0.25, -0.2) is 0 Å². The van der Waals surface area contributed by atoms with E-state index in [1.165, 1.54) is 37.0 Å². The van der Waals surface area contributed by atoms with Crippen molar-refractivity contribution in [2.45, 2.75) is 60.6 Å². The SMILES string of the molecule is O=C(CC1CCCN1)NCC1(Sc2ccccc2)CCCC1. The van der Waals surface area contributed by atoms with E-state index in [9.17, 15) is 4.79 Å². The first-order valence-electron chi connectivity index (χ1n) is 8.50. The van der Waals surface area contributed by atoms with Crippen LogP contribution in [0.2, 0.25) is 0 Å². The Morgan fingerprint density at radius 3 is 2.68 bits per heavy atom. The summed E-state index contributed by atoms with van der Waals surface area (Å²) in [5.41, 5.74) is 0. The van der Waals surface area contributed by atoms with E-state index in [0.717, 1.165) is 19.5 Å². The molecule has 1 unspecified atom stereocenters. The van der Waals surface area contributed by atoms with Crippen LogP contribution in [-0.4, -0.2) is 29.8 Å². The Hall–Kier alpha value is -1.00. The summed E-state index contributed by atoms with van der Waals surface area (Å²) in [6, 6.07) is 11.0. The minimum Gasteiger partial charge on any atom is -0.355 e. The molecule has 1 saturated heterocycles. The molecular weight excluding hydrogens is 292 g/mol. The third-order valence-corrected chi connectivity index (χ3v) is 6.29. The van der Waals surface area contributed by atoms with Crippen molar-refractivity contribution in [3.63, 3.8) is 0 Å². The van der Waals surface area contributed by atoms with E-state index in [-0.39, 0.29) is 10.7 Å². The zero-order valence-electron chi connectivity index (χ0n) is 13.1. The average Bonchev–Trinajstić information content (AvgIpc) is 3.19. The van der Waals surface area contributed by atoms with E-state index in [2.05, 4.69) is 41.0 Å². The van der Waals surface area contributed by atoms with Crippen molar-refractivity contribution < 1.29 is 4.79 Å². The fourth-order valence-corrected chi connectivity index (χ4v) is 4.99. The number of amides is 1. The van der Waals surface area contributed by atoms with Gasteiger partial charge in [-0.3, -0.25) is 4.79 Å². The summed E-state index contributed by atoms with van der Waals surface area (Å²) in [7, 11) is 0. The standard InChI is InChI=1S/C18H26N2OS/c21-17(13-15-7-6-12-19-15)20-14-18(10-4-5-11-18)22-16-8-2-1-3-9-16/h1-3,8-9,15,19H,4-7,10-14H2,(H,20,21). The van der Waals surface area contributed by atoms with Gasteiger partial charge in [0.05, 0.1) is 0 Å². The monoisotopic (exact) mass is 318 g/mol. The van der Waals surface area contributed by atoms with Crippen LogP contribution in [0.15, 0.2) is 35.2 Å². The lowest BCUT2D eigenvalue weighted by Gasteiger charge is -2.29. The second-order valence-corrected chi connectivity index (χ2v) is 8.12. The maximum Gasteiger partial charge on any atom is 0.221 e. The Labute approximate surface area is 137 Å². The summed E-state index contributed by atoms with van der Waals surface area (Å²) in [4.78, 5) is 13.5. The summed E-state index contributed by atoms with van der Waals surface area (Å²) < 4.78 is 0.195. The quantitative estimate of drug-likeness (QED) is 0.845. The van der Waals surface area contributed by atoms with Crippen molar-refractivity contribution in [2.75, 3.05) is 13.1 Å². The topological polar surface area (TPSA) is 41.1 Å². The molecule has 0 aromatic heterocycles. The fourth-order valence-electron chi connectivity index (χ4n) is 3.56. The van der Waals surface area contributed by atoms with E-state index in [4.69, 9.17) is 0 Å². The molecule has 1 atom stereocenters. The first-order valence-corrected chi connectivity index (χ1v) is 9.32. The molecule has 1 aromatic rings. The molecule has 2 fully saturated rings. The molecule has 1 saturated carbocycles. The zero-order valence-corrected chi connectivity index (χ0v) is 14.0. The van der Waals surface area contributed by atoms with Crippen molar-refractivity contribution >= 4 is 17.7 Å². The maximum absolute atomic E-state index is 12.2. The van der Waals surface area contributed by atoms with Gasteiger partial charge in [0, 0.05) is 28.6 Å². The van der Waals surface area contributed by atoms with Crippen LogP contribution in [-0.2, 0) is 4.79 Å². The molecule has 3 rings (SSSR count). The number of carbonyl (C=O) groups excluding carboxylic acids is 1. The van der Waals surface area contributed by atoms with E-state index in [0.29, 0.717) is 12.5 Å². The van der Waals surface area contributed by atoms with Gasteiger partial charge in [0.1, 0.15) is 0 Å². The normalized spacial score (nSPS) is 23.5. The number of thioether (sulfide) groups is 1. The molecule has 1 aliphatic heterocycles. The fraction of sp³-hybridized carbons (Fsp3) is 0.611. The molecule has 0 bridgehead atoms. The van der Waals surface area contributed by atoms with E-state index in [1.54, 1.807) is 0 Å². The van der Waals surface area contributed by atoms with Crippen LogP contribution in [0.1, 0.15) is 44.9 Å². The number of hydrogen-bond donors (Lipinski definition) is 2. The Bertz CT molecular complexity index is 479. The molecule has 3 nitrogen and oxygen atoms in total. The Kier molecular flexibility index (Phi) is 5.42. The number of rotatable bonds is 6. The predicted molar refractivity (Wildman–Crippen MR) is 92.1 cm³/mol. The summed E-state index contributed by atoms with van der Waals surface area (Å²) in [6.45, 7) is 1.86. The minimum atomic E-state index is 0.195. The molecule has 0 spiro atoms. The van der Waals surface area contributed by atoms with Gasteiger partial charge in [0.25, 0.3) is 0 Å². The highest BCUT2D eigenvalue weighted by atomic mass is 32.2. The lowest BCUT2D eigenvalue weighted by atomic mass is 10.1. The molecule has 1 amide bonds. The van der Waals surface area contributed by atoms with Crippen LogP contribution in [0.25, 0.3) is 0 Å². The van der Waals surface area contributed by atoms with Crippen molar-refractivity contribution in [1.82, 2.24) is 10.6 Å². The third-order valence-electron chi connectivity index (χ3n) is 4.79. The van der Waals surface area contributed by atoms with Gasteiger partial charge in [-0.2, -0.15) is 0 Å². The molecule has 1 heterocycles. The first kappa shape index (κ1) is 15.9. The molecule has 4 heteroatoms. The highest BCUT2D eigenvalue weighted by Crippen LogP contribution is 2.44. The van der Waals surface area contributed by atoms with Crippen LogP contribution in [0.5, 0.6) is 0 Å². The van der Waals surface area contributed by atoms with Crippen LogP contribution in [0, 0.1) is 0 Å². The summed E-state index contributed by atoms with van der Waals surface area (Å²) in [5.74, 6) is 0.208. The molecule has 22 heavy (non-hydrogen) atoms. The van der Waals surface area contributed by atoms with Gasteiger partial charge < -0.3 is 10.6 Å². The molecule has 2 N–H and O–H groups in total. The van der Waals surface area contributed by atoms with E-state index in [1.807, 2.05) is 11.8 Å². The molecule has 1 aromatic carbocycles. The van der Waals surface area contributed by atoms with E-state index >= 15 is 0 Å². The van der Waals surface area contributed by atoms with Crippen LogP contribution >= 0.6 is 11.8 Å². The summed E-state index contributed by atoms with van der Waals surface area (Å²) >= 11 is 1.95. The lowest BCUT2D eigenvalue weighted by Crippen LogP contribution is -2.40. The highest BCUT2D eigenvalue weighted by molar-refractivity contribution is 8.00. The highest BCUT2D eigenvalue weighted by Gasteiger charge is 2.35. The molecule has 120 valence electrons.